The maximum atomic E-state index is 11.0. The minimum Gasteiger partial charge on any atom is -0.397 e. The first-order valence-corrected chi connectivity index (χ1v) is 7.20. The normalized spacial score (nSPS) is 11.0. The Bertz CT molecular complexity index is 885. The molecule has 23 heavy (non-hydrogen) atoms. The molecule has 5 nitrogen and oxygen atoms in total. The number of hydrogen-bond acceptors (Lipinski definition) is 4. The van der Waals surface area contributed by atoms with E-state index in [1.165, 1.54) is 6.92 Å². The van der Waals surface area contributed by atoms with Crippen LogP contribution in [0, 0.1) is 0 Å². The van der Waals surface area contributed by atoms with E-state index in [0.717, 1.165) is 16.5 Å². The Morgan fingerprint density at radius 1 is 0.957 bits per heavy atom. The van der Waals surface area contributed by atoms with Gasteiger partial charge in [-0.05, 0) is 35.7 Å². The summed E-state index contributed by atoms with van der Waals surface area (Å²) in [7, 11) is 0. The summed E-state index contributed by atoms with van der Waals surface area (Å²) >= 11 is 0. The van der Waals surface area contributed by atoms with Crippen molar-refractivity contribution in [3.63, 3.8) is 0 Å². The number of nitrogens with one attached hydrogen (secondary N) is 1. The summed E-state index contributed by atoms with van der Waals surface area (Å²) in [5.41, 5.74) is 8.68. The minimum atomic E-state index is -0.108. The fraction of sp³-hybridized carbons (Fsp3) is 0.0556. The van der Waals surface area contributed by atoms with Gasteiger partial charge in [-0.25, -0.2) is 0 Å². The molecule has 3 N–H and O–H groups in total. The number of nitrogens with zero attached hydrogens (tertiary/aromatic N) is 2. The average Bonchev–Trinajstić information content (AvgIpc) is 2.55. The predicted molar refractivity (Wildman–Crippen MR) is 93.3 cm³/mol. The van der Waals surface area contributed by atoms with Gasteiger partial charge in [0, 0.05) is 18.0 Å². The first-order valence-electron chi connectivity index (χ1n) is 7.20. The molecule has 0 atom stereocenters. The Balaban J connectivity index is 1.91. The Morgan fingerprint density at radius 3 is 2.43 bits per heavy atom. The van der Waals surface area contributed by atoms with Crippen LogP contribution in [-0.4, -0.2) is 5.91 Å². The largest absolute Gasteiger partial charge is 0.397 e. The fourth-order valence-electron chi connectivity index (χ4n) is 2.31. The standard InChI is InChI=1S/C18H16N4O/c1-12(23)20-14-7-9-15(10-8-14)21-22-18-16-5-3-2-4-13(16)6-11-17(18)19/h2-11H,19H2,1H3,(H,20,23). The molecule has 0 unspecified atom stereocenters. The SMILES string of the molecule is CC(=O)Nc1ccc(N=Nc2c(N)ccc3ccccc23)cc1. The zero-order valence-electron chi connectivity index (χ0n) is 12.7. The number of benzene rings is 3. The van der Waals surface area contributed by atoms with Crippen LogP contribution in [0.25, 0.3) is 10.8 Å². The summed E-state index contributed by atoms with van der Waals surface area (Å²) in [4.78, 5) is 11.0. The molecular formula is C18H16N4O. The molecule has 1 amide bonds. The molecule has 3 rings (SSSR count). The van der Waals surface area contributed by atoms with Gasteiger partial charge in [-0.2, -0.15) is 5.11 Å². The van der Waals surface area contributed by atoms with Crippen LogP contribution in [0.5, 0.6) is 0 Å². The van der Waals surface area contributed by atoms with Crippen LogP contribution in [0.15, 0.2) is 70.9 Å². The highest BCUT2D eigenvalue weighted by molar-refractivity contribution is 5.97. The number of carbonyl (C=O) groups excluding carboxylic acids is 1. The predicted octanol–water partition coefficient (Wildman–Crippen LogP) is 4.80. The van der Waals surface area contributed by atoms with Crippen molar-refractivity contribution in [1.29, 1.82) is 0 Å². The number of nitrogen functional groups attached to an aromatic ring is 1. The monoisotopic (exact) mass is 304 g/mol. The third kappa shape index (κ3) is 3.35. The number of carbonyl (C=O) groups is 1. The topological polar surface area (TPSA) is 79.8 Å². The van der Waals surface area contributed by atoms with Crippen LogP contribution in [-0.2, 0) is 4.79 Å². The highest BCUT2D eigenvalue weighted by atomic mass is 16.1. The second kappa shape index (κ2) is 6.27. The number of nitrogens with two attached hydrogens (primary N) is 1. The van der Waals surface area contributed by atoms with Gasteiger partial charge < -0.3 is 11.1 Å². The number of hydrogen-bond donors (Lipinski definition) is 2. The molecule has 0 saturated carbocycles. The van der Waals surface area contributed by atoms with E-state index < -0.39 is 0 Å². The Morgan fingerprint density at radius 2 is 1.70 bits per heavy atom. The average molecular weight is 304 g/mol. The summed E-state index contributed by atoms with van der Waals surface area (Å²) in [6, 6.07) is 18.8. The molecule has 5 heteroatoms. The van der Waals surface area contributed by atoms with Crippen LogP contribution in [0.1, 0.15) is 6.92 Å². The number of azo groups is 1. The van der Waals surface area contributed by atoms with E-state index in [1.54, 1.807) is 24.3 Å². The van der Waals surface area contributed by atoms with E-state index in [4.69, 9.17) is 5.73 Å². The summed E-state index contributed by atoms with van der Waals surface area (Å²) in [5, 5.41) is 13.3. The lowest BCUT2D eigenvalue weighted by molar-refractivity contribution is -0.114. The molecule has 0 aliphatic heterocycles. The highest BCUT2D eigenvalue weighted by Gasteiger charge is 2.04. The van der Waals surface area contributed by atoms with Crippen molar-refractivity contribution in [1.82, 2.24) is 0 Å². The van der Waals surface area contributed by atoms with Crippen molar-refractivity contribution >= 4 is 39.4 Å². The highest BCUT2D eigenvalue weighted by Crippen LogP contribution is 2.33. The zero-order valence-corrected chi connectivity index (χ0v) is 12.7. The van der Waals surface area contributed by atoms with Gasteiger partial charge >= 0.3 is 0 Å². The number of amides is 1. The maximum absolute atomic E-state index is 11.0. The minimum absolute atomic E-state index is 0.108. The van der Waals surface area contributed by atoms with E-state index in [0.29, 0.717) is 17.1 Å². The van der Waals surface area contributed by atoms with Gasteiger partial charge in [-0.1, -0.05) is 30.3 Å². The van der Waals surface area contributed by atoms with Crippen molar-refractivity contribution in [2.75, 3.05) is 11.1 Å². The van der Waals surface area contributed by atoms with Gasteiger partial charge in [0.25, 0.3) is 0 Å². The lowest BCUT2D eigenvalue weighted by Gasteiger charge is -2.05. The van der Waals surface area contributed by atoms with Gasteiger partial charge in [0.1, 0.15) is 5.69 Å². The third-order valence-electron chi connectivity index (χ3n) is 3.38. The lowest BCUT2D eigenvalue weighted by Crippen LogP contribution is -2.04. The van der Waals surface area contributed by atoms with Crippen LogP contribution < -0.4 is 11.1 Å². The molecular weight excluding hydrogens is 288 g/mol. The maximum Gasteiger partial charge on any atom is 0.221 e. The van der Waals surface area contributed by atoms with Crippen molar-refractivity contribution in [3.05, 3.63) is 60.7 Å². The molecule has 0 aliphatic rings. The van der Waals surface area contributed by atoms with E-state index >= 15 is 0 Å². The van der Waals surface area contributed by atoms with Crippen molar-refractivity contribution in [3.8, 4) is 0 Å². The Labute approximate surface area is 133 Å². The summed E-state index contributed by atoms with van der Waals surface area (Å²) < 4.78 is 0. The molecule has 0 bridgehead atoms. The molecule has 0 radical (unpaired) electrons. The summed E-state index contributed by atoms with van der Waals surface area (Å²) in [5.74, 6) is -0.108. The third-order valence-corrected chi connectivity index (χ3v) is 3.38. The number of anilines is 2. The molecule has 0 aromatic heterocycles. The fourth-order valence-corrected chi connectivity index (χ4v) is 2.31. The van der Waals surface area contributed by atoms with Gasteiger partial charge in [0.15, 0.2) is 0 Å². The first-order chi connectivity index (χ1) is 11.1. The van der Waals surface area contributed by atoms with Crippen molar-refractivity contribution < 1.29 is 4.79 Å². The van der Waals surface area contributed by atoms with E-state index in [1.807, 2.05) is 36.4 Å². The van der Waals surface area contributed by atoms with Crippen molar-refractivity contribution in [2.45, 2.75) is 6.92 Å². The summed E-state index contributed by atoms with van der Waals surface area (Å²) in [6.45, 7) is 1.47. The lowest BCUT2D eigenvalue weighted by atomic mass is 10.1. The van der Waals surface area contributed by atoms with E-state index in [9.17, 15) is 4.79 Å². The van der Waals surface area contributed by atoms with Gasteiger partial charge in [-0.3, -0.25) is 4.79 Å². The molecule has 3 aromatic carbocycles. The van der Waals surface area contributed by atoms with Gasteiger partial charge in [-0.15, -0.1) is 5.11 Å². The second-order valence-electron chi connectivity index (χ2n) is 5.15. The summed E-state index contributed by atoms with van der Waals surface area (Å²) in [6.07, 6.45) is 0. The second-order valence-corrected chi connectivity index (χ2v) is 5.15. The molecule has 3 aromatic rings. The Kier molecular flexibility index (Phi) is 4.01. The first kappa shape index (κ1) is 14.7. The van der Waals surface area contributed by atoms with Crippen molar-refractivity contribution in [2.24, 2.45) is 10.2 Å². The quantitative estimate of drug-likeness (QED) is 0.538. The smallest absolute Gasteiger partial charge is 0.221 e. The van der Waals surface area contributed by atoms with Crippen LogP contribution in [0.4, 0.5) is 22.7 Å². The van der Waals surface area contributed by atoms with Gasteiger partial charge in [0.05, 0.1) is 11.4 Å². The number of rotatable bonds is 3. The Hall–Kier alpha value is -3.21. The molecule has 0 fully saturated rings. The van der Waals surface area contributed by atoms with Gasteiger partial charge in [0.2, 0.25) is 5.91 Å². The van der Waals surface area contributed by atoms with E-state index in [-0.39, 0.29) is 5.91 Å². The molecule has 0 spiro atoms. The van der Waals surface area contributed by atoms with Crippen LogP contribution in [0.3, 0.4) is 0 Å². The zero-order chi connectivity index (χ0) is 16.2. The number of fused-ring (bicyclic) bond motifs is 1. The van der Waals surface area contributed by atoms with Crippen LogP contribution in [0.2, 0.25) is 0 Å². The molecule has 0 heterocycles. The molecule has 114 valence electrons. The van der Waals surface area contributed by atoms with E-state index in [2.05, 4.69) is 15.5 Å². The molecule has 0 saturated heterocycles. The molecule has 0 aliphatic carbocycles. The van der Waals surface area contributed by atoms with Crippen LogP contribution >= 0.6 is 0 Å².